The van der Waals surface area contributed by atoms with E-state index in [9.17, 15) is 9.90 Å². The number of hydrogen-bond acceptors (Lipinski definition) is 2. The number of piperidine rings is 1. The lowest BCUT2D eigenvalue weighted by Crippen LogP contribution is -2.51. The van der Waals surface area contributed by atoms with Gasteiger partial charge in [-0.3, -0.25) is 9.69 Å². The molecule has 0 amide bonds. The predicted octanol–water partition coefficient (Wildman–Crippen LogP) is 3.39. The maximum atomic E-state index is 11.7. The summed E-state index contributed by atoms with van der Waals surface area (Å²) in [6.45, 7) is 10.9. The van der Waals surface area contributed by atoms with Crippen molar-refractivity contribution in [3.8, 4) is 0 Å². The average Bonchev–Trinajstić information content (AvgIpc) is 2.62. The Balaban J connectivity index is 2.12. The normalized spacial score (nSPS) is 39.4. The van der Waals surface area contributed by atoms with Gasteiger partial charge in [-0.25, -0.2) is 0 Å². The standard InChI is InChI=1S/C16H29NO2/c1-5-16(14(18)19)7-6-8-17(11-16)13-10-15(3,4)9-12(13)2/h12-13H,5-11H2,1-4H3,(H,18,19). The number of likely N-dealkylation sites (tertiary alicyclic amines) is 1. The van der Waals surface area contributed by atoms with Crippen molar-refractivity contribution in [1.82, 2.24) is 4.90 Å². The summed E-state index contributed by atoms with van der Waals surface area (Å²) in [5.74, 6) is 0.0982. The molecule has 2 fully saturated rings. The molecule has 1 saturated carbocycles. The van der Waals surface area contributed by atoms with Gasteiger partial charge >= 0.3 is 5.97 Å². The van der Waals surface area contributed by atoms with Crippen LogP contribution in [-0.4, -0.2) is 35.1 Å². The smallest absolute Gasteiger partial charge is 0.310 e. The van der Waals surface area contributed by atoms with Gasteiger partial charge in [-0.15, -0.1) is 0 Å². The number of hydrogen-bond donors (Lipinski definition) is 1. The van der Waals surface area contributed by atoms with Gasteiger partial charge in [0.05, 0.1) is 5.41 Å². The minimum Gasteiger partial charge on any atom is -0.481 e. The maximum absolute atomic E-state index is 11.7. The molecule has 0 bridgehead atoms. The van der Waals surface area contributed by atoms with E-state index in [0.29, 0.717) is 17.4 Å². The highest BCUT2D eigenvalue weighted by molar-refractivity contribution is 5.75. The van der Waals surface area contributed by atoms with Crippen LogP contribution in [0.15, 0.2) is 0 Å². The largest absolute Gasteiger partial charge is 0.481 e. The predicted molar refractivity (Wildman–Crippen MR) is 77.1 cm³/mol. The van der Waals surface area contributed by atoms with Crippen molar-refractivity contribution in [2.75, 3.05) is 13.1 Å². The molecule has 3 unspecified atom stereocenters. The highest BCUT2D eigenvalue weighted by Gasteiger charge is 2.46. The van der Waals surface area contributed by atoms with Gasteiger partial charge in [0.25, 0.3) is 0 Å². The topological polar surface area (TPSA) is 40.5 Å². The zero-order valence-electron chi connectivity index (χ0n) is 12.9. The van der Waals surface area contributed by atoms with Gasteiger partial charge in [-0.1, -0.05) is 27.7 Å². The molecule has 1 aliphatic carbocycles. The first kappa shape index (κ1) is 14.8. The summed E-state index contributed by atoms with van der Waals surface area (Å²) < 4.78 is 0. The summed E-state index contributed by atoms with van der Waals surface area (Å²) in [4.78, 5) is 14.1. The van der Waals surface area contributed by atoms with Crippen molar-refractivity contribution in [3.63, 3.8) is 0 Å². The molecule has 3 atom stereocenters. The van der Waals surface area contributed by atoms with Crippen LogP contribution in [0.1, 0.15) is 59.8 Å². The van der Waals surface area contributed by atoms with Crippen LogP contribution < -0.4 is 0 Å². The minimum atomic E-state index is -0.593. The molecule has 1 heterocycles. The second kappa shape index (κ2) is 5.08. The van der Waals surface area contributed by atoms with Crippen LogP contribution in [0.4, 0.5) is 0 Å². The fourth-order valence-electron chi connectivity index (χ4n) is 4.41. The zero-order chi connectivity index (χ0) is 14.3. The fourth-order valence-corrected chi connectivity index (χ4v) is 4.41. The second-order valence-corrected chi connectivity index (χ2v) is 7.63. The van der Waals surface area contributed by atoms with Crippen LogP contribution in [-0.2, 0) is 4.79 Å². The molecule has 2 aliphatic rings. The summed E-state index contributed by atoms with van der Waals surface area (Å²) in [5.41, 5.74) is -0.0790. The minimum absolute atomic E-state index is 0.416. The summed E-state index contributed by atoms with van der Waals surface area (Å²) >= 11 is 0. The van der Waals surface area contributed by atoms with E-state index in [2.05, 4.69) is 25.7 Å². The monoisotopic (exact) mass is 267 g/mol. The van der Waals surface area contributed by atoms with Gasteiger partial charge in [0, 0.05) is 12.6 Å². The molecule has 0 aromatic rings. The van der Waals surface area contributed by atoms with Crippen molar-refractivity contribution < 1.29 is 9.90 Å². The first-order valence-electron chi connectivity index (χ1n) is 7.77. The summed E-state index contributed by atoms with van der Waals surface area (Å²) in [6, 6.07) is 0.584. The highest BCUT2D eigenvalue weighted by Crippen LogP contribution is 2.45. The molecule has 0 spiro atoms. The number of carboxylic acid groups (broad SMARTS) is 1. The molecular formula is C16H29NO2. The van der Waals surface area contributed by atoms with E-state index in [4.69, 9.17) is 0 Å². The Labute approximate surface area is 117 Å². The Bertz CT molecular complexity index is 353. The Kier molecular flexibility index (Phi) is 3.97. The molecule has 3 nitrogen and oxygen atoms in total. The number of nitrogens with zero attached hydrogens (tertiary/aromatic N) is 1. The van der Waals surface area contributed by atoms with Gasteiger partial charge in [0.15, 0.2) is 0 Å². The zero-order valence-corrected chi connectivity index (χ0v) is 12.9. The molecule has 0 radical (unpaired) electrons. The van der Waals surface area contributed by atoms with E-state index in [1.165, 1.54) is 12.8 Å². The van der Waals surface area contributed by atoms with Crippen molar-refractivity contribution in [2.24, 2.45) is 16.7 Å². The van der Waals surface area contributed by atoms with Crippen LogP contribution >= 0.6 is 0 Å². The number of carbonyl (C=O) groups is 1. The van der Waals surface area contributed by atoms with Crippen LogP contribution in [0.25, 0.3) is 0 Å². The molecule has 19 heavy (non-hydrogen) atoms. The third kappa shape index (κ3) is 2.81. The fraction of sp³-hybridized carbons (Fsp3) is 0.938. The lowest BCUT2D eigenvalue weighted by atomic mass is 9.77. The van der Waals surface area contributed by atoms with E-state index in [1.54, 1.807) is 0 Å². The van der Waals surface area contributed by atoms with E-state index < -0.39 is 11.4 Å². The van der Waals surface area contributed by atoms with E-state index in [1.807, 2.05) is 6.92 Å². The maximum Gasteiger partial charge on any atom is 0.310 e. The number of aliphatic carboxylic acids is 1. The van der Waals surface area contributed by atoms with Gasteiger partial charge in [0.2, 0.25) is 0 Å². The quantitative estimate of drug-likeness (QED) is 0.852. The molecule has 0 aromatic carbocycles. The third-order valence-corrected chi connectivity index (χ3v) is 5.50. The van der Waals surface area contributed by atoms with Crippen LogP contribution in [0, 0.1) is 16.7 Å². The summed E-state index contributed by atoms with van der Waals surface area (Å²) in [5, 5.41) is 9.59. The first-order chi connectivity index (χ1) is 8.80. The Morgan fingerprint density at radius 1 is 1.37 bits per heavy atom. The lowest BCUT2D eigenvalue weighted by molar-refractivity contribution is -0.153. The van der Waals surface area contributed by atoms with Crippen LogP contribution in [0.5, 0.6) is 0 Å². The Hall–Kier alpha value is -0.570. The van der Waals surface area contributed by atoms with Gasteiger partial charge in [-0.2, -0.15) is 0 Å². The second-order valence-electron chi connectivity index (χ2n) is 7.63. The van der Waals surface area contributed by atoms with Crippen molar-refractivity contribution in [1.29, 1.82) is 0 Å². The van der Waals surface area contributed by atoms with Crippen molar-refractivity contribution >= 4 is 5.97 Å². The Morgan fingerprint density at radius 3 is 2.53 bits per heavy atom. The first-order valence-corrected chi connectivity index (χ1v) is 7.77. The average molecular weight is 267 g/mol. The van der Waals surface area contributed by atoms with E-state index in [-0.39, 0.29) is 0 Å². The van der Waals surface area contributed by atoms with Crippen LogP contribution in [0.3, 0.4) is 0 Å². The summed E-state index contributed by atoms with van der Waals surface area (Å²) in [6.07, 6.45) is 5.11. The van der Waals surface area contributed by atoms with E-state index >= 15 is 0 Å². The highest BCUT2D eigenvalue weighted by atomic mass is 16.4. The van der Waals surface area contributed by atoms with Crippen LogP contribution in [0.2, 0.25) is 0 Å². The molecule has 1 saturated heterocycles. The van der Waals surface area contributed by atoms with Crippen molar-refractivity contribution in [3.05, 3.63) is 0 Å². The van der Waals surface area contributed by atoms with Gasteiger partial charge < -0.3 is 5.11 Å². The third-order valence-electron chi connectivity index (χ3n) is 5.50. The molecule has 3 heteroatoms. The Morgan fingerprint density at radius 2 is 2.05 bits per heavy atom. The molecule has 2 rings (SSSR count). The van der Waals surface area contributed by atoms with Gasteiger partial charge in [0.1, 0.15) is 0 Å². The molecule has 1 N–H and O–H groups in total. The van der Waals surface area contributed by atoms with Gasteiger partial charge in [-0.05, 0) is 50.0 Å². The summed E-state index contributed by atoms with van der Waals surface area (Å²) in [7, 11) is 0. The van der Waals surface area contributed by atoms with Crippen molar-refractivity contribution in [2.45, 2.75) is 65.8 Å². The SMILES string of the molecule is CCC1(C(=O)O)CCCN(C2CC(C)(C)CC2C)C1. The molecule has 110 valence electrons. The molecular weight excluding hydrogens is 238 g/mol. The number of carboxylic acids is 1. The lowest BCUT2D eigenvalue weighted by Gasteiger charge is -2.43. The number of rotatable bonds is 3. The van der Waals surface area contributed by atoms with E-state index in [0.717, 1.165) is 32.4 Å². The molecule has 0 aromatic heterocycles. The molecule has 1 aliphatic heterocycles.